The van der Waals surface area contributed by atoms with Crippen molar-refractivity contribution >= 4 is 15.9 Å². The number of benzene rings is 1. The molecular weight excluding hydrogens is 246 g/mol. The molecule has 1 aromatic carbocycles. The molecule has 0 radical (unpaired) electrons. The van der Waals surface area contributed by atoms with Gasteiger partial charge in [0.25, 0.3) is 10.2 Å². The van der Waals surface area contributed by atoms with E-state index in [1.54, 1.807) is 0 Å². The number of hydrogen-bond acceptors (Lipinski definition) is 5. The van der Waals surface area contributed by atoms with Crippen molar-refractivity contribution < 1.29 is 17.9 Å². The lowest BCUT2D eigenvalue weighted by Crippen LogP contribution is -2.22. The van der Waals surface area contributed by atoms with Gasteiger partial charge in [-0.2, -0.15) is 13.7 Å². The second kappa shape index (κ2) is 4.90. The van der Waals surface area contributed by atoms with Crippen molar-refractivity contribution in [3.05, 3.63) is 17.7 Å². The van der Waals surface area contributed by atoms with Crippen molar-refractivity contribution in [2.24, 2.45) is 5.14 Å². The highest BCUT2D eigenvalue weighted by Crippen LogP contribution is 2.33. The largest absolute Gasteiger partial charge is 0.493 e. The maximum atomic E-state index is 10.9. The van der Waals surface area contributed by atoms with E-state index >= 15 is 0 Å². The quantitative estimate of drug-likeness (QED) is 0.799. The van der Waals surface area contributed by atoms with Gasteiger partial charge in [0.2, 0.25) is 0 Å². The molecule has 0 amide bonds. The van der Waals surface area contributed by atoms with Gasteiger partial charge in [-0.05, 0) is 0 Å². The zero-order valence-corrected chi connectivity index (χ0v) is 10.0. The van der Waals surface area contributed by atoms with Crippen LogP contribution in [-0.2, 0) is 10.2 Å². The lowest BCUT2D eigenvalue weighted by Gasteiger charge is -2.11. The Morgan fingerprint density at radius 1 is 1.29 bits per heavy atom. The second-order valence-corrected chi connectivity index (χ2v) is 4.31. The highest BCUT2D eigenvalue weighted by molar-refractivity contribution is 7.90. The van der Waals surface area contributed by atoms with Gasteiger partial charge in [-0.15, -0.1) is 0 Å². The molecule has 7 nitrogen and oxygen atoms in total. The van der Waals surface area contributed by atoms with Crippen LogP contribution in [-0.4, -0.2) is 22.6 Å². The molecule has 1 aromatic rings. The molecular formula is C9H11N3O4S. The topological polar surface area (TPSA) is 114 Å². The Labute approximate surface area is 98.9 Å². The number of nitrogens with two attached hydrogens (primary N) is 1. The molecule has 1 rings (SSSR count). The Bertz CT molecular complexity index is 562. The summed E-state index contributed by atoms with van der Waals surface area (Å²) < 4.78 is 33.8. The maximum absolute atomic E-state index is 10.9. The van der Waals surface area contributed by atoms with Crippen molar-refractivity contribution in [1.82, 2.24) is 0 Å². The van der Waals surface area contributed by atoms with E-state index in [2.05, 4.69) is 0 Å². The summed E-state index contributed by atoms with van der Waals surface area (Å²) >= 11 is 0. The minimum atomic E-state index is -3.95. The second-order valence-electron chi connectivity index (χ2n) is 3.01. The number of nitrogens with one attached hydrogen (secondary N) is 1. The van der Waals surface area contributed by atoms with Crippen LogP contribution in [0.25, 0.3) is 0 Å². The number of hydrogen-bond donors (Lipinski definition) is 2. The third-order valence-electron chi connectivity index (χ3n) is 1.90. The van der Waals surface area contributed by atoms with E-state index in [1.165, 1.54) is 26.4 Å². The van der Waals surface area contributed by atoms with Gasteiger partial charge >= 0.3 is 0 Å². The summed E-state index contributed by atoms with van der Waals surface area (Å²) in [6.07, 6.45) is 0. The molecule has 8 heteroatoms. The van der Waals surface area contributed by atoms with E-state index in [1.807, 2.05) is 10.8 Å². The van der Waals surface area contributed by atoms with E-state index in [4.69, 9.17) is 19.9 Å². The highest BCUT2D eigenvalue weighted by atomic mass is 32.2. The van der Waals surface area contributed by atoms with Crippen LogP contribution in [0.3, 0.4) is 0 Å². The molecule has 0 aromatic heterocycles. The summed E-state index contributed by atoms with van der Waals surface area (Å²) in [5.74, 6) is 0.613. The normalized spacial score (nSPS) is 10.5. The molecule has 0 aliphatic carbocycles. The van der Waals surface area contributed by atoms with Crippen LogP contribution in [0.5, 0.6) is 11.5 Å². The number of anilines is 1. The van der Waals surface area contributed by atoms with Gasteiger partial charge in [-0.3, -0.25) is 4.72 Å². The highest BCUT2D eigenvalue weighted by Gasteiger charge is 2.13. The Morgan fingerprint density at radius 3 is 2.24 bits per heavy atom. The Kier molecular flexibility index (Phi) is 3.77. The van der Waals surface area contributed by atoms with Gasteiger partial charge in [0, 0.05) is 12.1 Å². The molecule has 0 heterocycles. The van der Waals surface area contributed by atoms with Gasteiger partial charge in [-0.1, -0.05) is 0 Å². The molecule has 0 saturated heterocycles. The van der Waals surface area contributed by atoms with Crippen molar-refractivity contribution in [1.29, 1.82) is 5.26 Å². The minimum absolute atomic E-state index is 0.0349. The predicted octanol–water partition coefficient (Wildman–Crippen LogP) is 0.191. The van der Waals surface area contributed by atoms with Crippen LogP contribution in [0.15, 0.2) is 12.1 Å². The van der Waals surface area contributed by atoms with Crippen LogP contribution in [0.2, 0.25) is 0 Å². The van der Waals surface area contributed by atoms with E-state index in [-0.39, 0.29) is 17.0 Å². The van der Waals surface area contributed by atoms with E-state index in [0.29, 0.717) is 5.75 Å². The Morgan fingerprint density at radius 2 is 1.82 bits per heavy atom. The van der Waals surface area contributed by atoms with E-state index in [0.717, 1.165) is 0 Å². The van der Waals surface area contributed by atoms with Crippen molar-refractivity contribution in [3.8, 4) is 17.6 Å². The summed E-state index contributed by atoms with van der Waals surface area (Å²) in [6, 6.07) is 4.50. The zero-order chi connectivity index (χ0) is 13.1. The van der Waals surface area contributed by atoms with E-state index < -0.39 is 10.2 Å². The Balaban J connectivity index is 3.35. The molecule has 0 aliphatic rings. The van der Waals surface area contributed by atoms with Crippen LogP contribution in [0, 0.1) is 11.3 Å². The number of rotatable bonds is 4. The van der Waals surface area contributed by atoms with Gasteiger partial charge in [-0.25, -0.2) is 5.14 Å². The molecule has 0 fully saturated rings. The summed E-state index contributed by atoms with van der Waals surface area (Å²) in [5.41, 5.74) is 0.115. The predicted molar refractivity (Wildman–Crippen MR) is 61.0 cm³/mol. The molecule has 0 atom stereocenters. The van der Waals surface area contributed by atoms with Gasteiger partial charge in [0.1, 0.15) is 6.07 Å². The fourth-order valence-corrected chi connectivity index (χ4v) is 1.68. The maximum Gasteiger partial charge on any atom is 0.296 e. The number of ether oxygens (including phenoxy) is 2. The zero-order valence-electron chi connectivity index (χ0n) is 9.22. The van der Waals surface area contributed by atoms with Crippen LogP contribution < -0.4 is 19.3 Å². The molecule has 92 valence electrons. The van der Waals surface area contributed by atoms with Gasteiger partial charge < -0.3 is 9.47 Å². The first-order valence-corrected chi connectivity index (χ1v) is 5.92. The molecule has 0 bridgehead atoms. The minimum Gasteiger partial charge on any atom is -0.493 e. The molecule has 0 aliphatic heterocycles. The first-order valence-electron chi connectivity index (χ1n) is 4.38. The van der Waals surface area contributed by atoms with Crippen LogP contribution >= 0.6 is 0 Å². The van der Waals surface area contributed by atoms with Gasteiger partial charge in [0.15, 0.2) is 11.5 Å². The lowest BCUT2D eigenvalue weighted by molar-refractivity contribution is 0.355. The van der Waals surface area contributed by atoms with Gasteiger partial charge in [0.05, 0.1) is 25.5 Å². The monoisotopic (exact) mass is 257 g/mol. The fourth-order valence-electron chi connectivity index (χ4n) is 1.21. The number of nitrogens with zero attached hydrogens (tertiary/aromatic N) is 1. The van der Waals surface area contributed by atoms with Crippen molar-refractivity contribution in [3.63, 3.8) is 0 Å². The van der Waals surface area contributed by atoms with Crippen LogP contribution in [0.1, 0.15) is 5.56 Å². The number of methoxy groups -OCH3 is 2. The molecule has 0 spiro atoms. The first-order chi connectivity index (χ1) is 7.91. The van der Waals surface area contributed by atoms with Crippen molar-refractivity contribution in [2.75, 3.05) is 18.9 Å². The lowest BCUT2D eigenvalue weighted by atomic mass is 10.2. The standard InChI is InChI=1S/C9H11N3O4S/c1-15-8-3-6(5-10)7(4-9(8)16-2)12-17(11,13)14/h3-4,12H,1-2H3,(H2,11,13,14). The number of nitriles is 1. The molecule has 0 saturated carbocycles. The third kappa shape index (κ3) is 3.24. The average Bonchev–Trinajstić information content (AvgIpc) is 2.26. The SMILES string of the molecule is COc1cc(C#N)c(NS(N)(=O)=O)cc1OC. The fraction of sp³-hybridized carbons (Fsp3) is 0.222. The molecule has 17 heavy (non-hydrogen) atoms. The molecule has 3 N–H and O–H groups in total. The van der Waals surface area contributed by atoms with E-state index in [9.17, 15) is 8.42 Å². The van der Waals surface area contributed by atoms with Crippen molar-refractivity contribution in [2.45, 2.75) is 0 Å². The summed E-state index contributed by atoms with van der Waals surface area (Å²) in [6.45, 7) is 0. The third-order valence-corrected chi connectivity index (χ3v) is 2.40. The smallest absolute Gasteiger partial charge is 0.296 e. The summed E-state index contributed by atoms with van der Waals surface area (Å²) in [4.78, 5) is 0. The summed E-state index contributed by atoms with van der Waals surface area (Å²) in [7, 11) is -1.15. The van der Waals surface area contributed by atoms with Crippen LogP contribution in [0.4, 0.5) is 5.69 Å². The summed E-state index contributed by atoms with van der Waals surface area (Å²) in [5, 5.41) is 13.7. The Hall–Kier alpha value is -1.98. The average molecular weight is 257 g/mol. The molecule has 0 unspecified atom stereocenters. The first kappa shape index (κ1) is 13.1.